The summed E-state index contributed by atoms with van der Waals surface area (Å²) in [5, 5.41) is 20.1. The van der Waals surface area contributed by atoms with E-state index in [9.17, 15) is 15.0 Å². The Morgan fingerprint density at radius 1 is 1.36 bits per heavy atom. The fourth-order valence-corrected chi connectivity index (χ4v) is 2.65. The van der Waals surface area contributed by atoms with Crippen LogP contribution in [0.15, 0.2) is 0 Å². The Balaban J connectivity index is 1.96. The molecule has 0 spiro atoms. The Bertz CT molecular complexity index is 387. The molecule has 2 aliphatic heterocycles. The minimum Gasteiger partial charge on any atom is -0.466 e. The molecule has 0 aromatic heterocycles. The Hall–Kier alpha value is -0.770. The van der Waals surface area contributed by atoms with Gasteiger partial charge in [0.2, 0.25) is 0 Å². The molecule has 6 atom stereocenters. The van der Waals surface area contributed by atoms with Crippen LogP contribution in [0.25, 0.3) is 0 Å². The van der Waals surface area contributed by atoms with Gasteiger partial charge in [0.05, 0.1) is 19.6 Å². The zero-order chi connectivity index (χ0) is 16.3. The van der Waals surface area contributed by atoms with Crippen LogP contribution in [0, 0.1) is 0 Å². The number of fused-ring (bicyclic) bond motifs is 1. The van der Waals surface area contributed by atoms with E-state index in [1.807, 2.05) is 0 Å². The number of rotatable bonds is 5. The lowest BCUT2D eigenvalue weighted by Gasteiger charge is -2.49. The van der Waals surface area contributed by atoms with E-state index in [1.54, 1.807) is 13.8 Å². The Morgan fingerprint density at radius 2 is 2.09 bits per heavy atom. The number of ether oxygens (including phenoxy) is 5. The monoisotopic (exact) mass is 320 g/mol. The van der Waals surface area contributed by atoms with Gasteiger partial charge >= 0.3 is 5.97 Å². The first-order valence-corrected chi connectivity index (χ1v) is 7.42. The number of aliphatic hydroxyl groups is 2. The highest BCUT2D eigenvalue weighted by molar-refractivity contribution is 5.69. The second-order valence-electron chi connectivity index (χ2n) is 5.59. The third kappa shape index (κ3) is 3.76. The van der Waals surface area contributed by atoms with Gasteiger partial charge in [-0.1, -0.05) is 0 Å². The summed E-state index contributed by atoms with van der Waals surface area (Å²) < 4.78 is 26.8. The molecule has 128 valence electrons. The van der Waals surface area contributed by atoms with Gasteiger partial charge in [-0.05, 0) is 13.8 Å². The molecule has 0 aromatic rings. The minimum absolute atomic E-state index is 0.141. The van der Waals surface area contributed by atoms with Crippen LogP contribution < -0.4 is 0 Å². The van der Waals surface area contributed by atoms with Crippen LogP contribution in [0.4, 0.5) is 0 Å². The Morgan fingerprint density at radius 3 is 2.73 bits per heavy atom. The molecule has 0 unspecified atom stereocenters. The largest absolute Gasteiger partial charge is 0.466 e. The third-order valence-corrected chi connectivity index (χ3v) is 3.90. The second-order valence-corrected chi connectivity index (χ2v) is 5.59. The van der Waals surface area contributed by atoms with Crippen molar-refractivity contribution in [1.29, 1.82) is 0 Å². The molecule has 0 aliphatic carbocycles. The van der Waals surface area contributed by atoms with Crippen molar-refractivity contribution in [2.75, 3.05) is 20.3 Å². The molecular weight excluding hydrogens is 296 g/mol. The van der Waals surface area contributed by atoms with Crippen LogP contribution in [-0.4, -0.2) is 73.0 Å². The van der Waals surface area contributed by atoms with Gasteiger partial charge in [0.15, 0.2) is 12.1 Å². The predicted octanol–water partition coefficient (Wildman–Crippen LogP) is -0.446. The normalized spacial score (nSPS) is 41.8. The van der Waals surface area contributed by atoms with Crippen molar-refractivity contribution in [1.82, 2.24) is 0 Å². The van der Waals surface area contributed by atoms with Crippen LogP contribution in [0.3, 0.4) is 0 Å². The molecule has 2 rings (SSSR count). The average molecular weight is 320 g/mol. The second kappa shape index (κ2) is 7.20. The Kier molecular flexibility index (Phi) is 5.76. The summed E-state index contributed by atoms with van der Waals surface area (Å²) in [6, 6.07) is 0. The third-order valence-electron chi connectivity index (χ3n) is 3.90. The van der Waals surface area contributed by atoms with Crippen molar-refractivity contribution in [3.8, 4) is 0 Å². The molecule has 2 heterocycles. The molecular formula is C14H24O8. The highest BCUT2D eigenvalue weighted by Crippen LogP contribution is 2.34. The number of hydrogen-bond acceptors (Lipinski definition) is 8. The molecule has 8 nitrogen and oxygen atoms in total. The van der Waals surface area contributed by atoms with Gasteiger partial charge < -0.3 is 33.9 Å². The van der Waals surface area contributed by atoms with Crippen LogP contribution in [-0.2, 0) is 28.5 Å². The fourth-order valence-electron chi connectivity index (χ4n) is 2.65. The fraction of sp³-hybridized carbons (Fsp3) is 0.929. The van der Waals surface area contributed by atoms with E-state index >= 15 is 0 Å². The lowest BCUT2D eigenvalue weighted by atomic mass is 9.96. The summed E-state index contributed by atoms with van der Waals surface area (Å²) in [6.07, 6.45) is -4.16. The van der Waals surface area contributed by atoms with Crippen LogP contribution in [0.1, 0.15) is 26.7 Å². The van der Waals surface area contributed by atoms with E-state index in [-0.39, 0.29) is 25.4 Å². The maximum absolute atomic E-state index is 11.4. The molecule has 2 N–H and O–H groups in total. The number of carbonyl (C=O) groups excluding carboxylic acids is 1. The smallest absolute Gasteiger partial charge is 0.305 e. The summed E-state index contributed by atoms with van der Waals surface area (Å²) >= 11 is 0. The molecule has 2 fully saturated rings. The first-order valence-electron chi connectivity index (χ1n) is 7.42. The summed E-state index contributed by atoms with van der Waals surface area (Å²) in [6.45, 7) is 3.91. The molecule has 0 aromatic carbocycles. The zero-order valence-electron chi connectivity index (χ0n) is 13.1. The predicted molar refractivity (Wildman–Crippen MR) is 72.8 cm³/mol. The minimum atomic E-state index is -1.21. The van der Waals surface area contributed by atoms with Gasteiger partial charge in [-0.3, -0.25) is 4.79 Å². The van der Waals surface area contributed by atoms with E-state index in [4.69, 9.17) is 23.7 Å². The van der Waals surface area contributed by atoms with E-state index in [2.05, 4.69) is 0 Å². The van der Waals surface area contributed by atoms with E-state index < -0.39 is 36.5 Å². The first kappa shape index (κ1) is 17.6. The van der Waals surface area contributed by atoms with Crippen LogP contribution in [0.2, 0.25) is 0 Å². The zero-order valence-corrected chi connectivity index (χ0v) is 13.1. The van der Waals surface area contributed by atoms with Crippen molar-refractivity contribution in [2.45, 2.75) is 63.2 Å². The average Bonchev–Trinajstić information content (AvgIpc) is 2.50. The van der Waals surface area contributed by atoms with Gasteiger partial charge in [0, 0.05) is 13.5 Å². The molecule has 8 heteroatoms. The molecule has 0 amide bonds. The van der Waals surface area contributed by atoms with Crippen molar-refractivity contribution in [3.63, 3.8) is 0 Å². The molecule has 2 aliphatic rings. The molecule has 2 saturated heterocycles. The number of aliphatic hydroxyl groups excluding tert-OH is 2. The molecule has 0 bridgehead atoms. The summed E-state index contributed by atoms with van der Waals surface area (Å²) in [4.78, 5) is 11.4. The standard InChI is InChI=1S/C14H24O8/c1-4-19-9(15)5-6-14(2)20-7-8-12(22-14)10(16)11(17)13(18-3)21-8/h8,10-13,16-17H,4-7H2,1-3H3/t8-,10-,11-,12-,13+,14-/m1/s1. The van der Waals surface area contributed by atoms with Gasteiger partial charge in [-0.2, -0.15) is 0 Å². The maximum Gasteiger partial charge on any atom is 0.305 e. The van der Waals surface area contributed by atoms with Gasteiger partial charge in [0.25, 0.3) is 0 Å². The quantitative estimate of drug-likeness (QED) is 0.657. The first-order chi connectivity index (χ1) is 10.4. The topological polar surface area (TPSA) is 104 Å². The summed E-state index contributed by atoms with van der Waals surface area (Å²) in [7, 11) is 1.38. The van der Waals surface area contributed by atoms with Crippen molar-refractivity contribution < 1.29 is 38.7 Å². The number of carbonyl (C=O) groups is 1. The van der Waals surface area contributed by atoms with Crippen molar-refractivity contribution >= 4 is 5.97 Å². The van der Waals surface area contributed by atoms with E-state index in [0.717, 1.165) is 0 Å². The van der Waals surface area contributed by atoms with Crippen molar-refractivity contribution in [3.05, 3.63) is 0 Å². The summed E-state index contributed by atoms with van der Waals surface area (Å²) in [5.41, 5.74) is 0. The molecule has 0 radical (unpaired) electrons. The van der Waals surface area contributed by atoms with Crippen molar-refractivity contribution in [2.24, 2.45) is 0 Å². The van der Waals surface area contributed by atoms with Gasteiger partial charge in [0.1, 0.15) is 24.4 Å². The number of methoxy groups -OCH3 is 1. The Labute approximate surface area is 129 Å². The van der Waals surface area contributed by atoms with Crippen LogP contribution in [0.5, 0.6) is 0 Å². The molecule has 0 saturated carbocycles. The van der Waals surface area contributed by atoms with E-state index in [1.165, 1.54) is 7.11 Å². The number of hydrogen-bond donors (Lipinski definition) is 2. The molecule has 22 heavy (non-hydrogen) atoms. The van der Waals surface area contributed by atoms with Gasteiger partial charge in [-0.15, -0.1) is 0 Å². The highest BCUT2D eigenvalue weighted by Gasteiger charge is 2.51. The lowest BCUT2D eigenvalue weighted by Crippen LogP contribution is -2.65. The van der Waals surface area contributed by atoms with E-state index in [0.29, 0.717) is 6.61 Å². The SMILES string of the molecule is CCOC(=O)CC[C@]1(C)OC[C@H]2O[C@H](OC)[C@H](O)[C@@H](O)[C@@H]2O1. The van der Waals surface area contributed by atoms with Crippen LogP contribution >= 0.6 is 0 Å². The lowest BCUT2D eigenvalue weighted by molar-refractivity contribution is -0.385. The maximum atomic E-state index is 11.4. The van der Waals surface area contributed by atoms with Gasteiger partial charge in [-0.25, -0.2) is 0 Å². The number of esters is 1. The summed E-state index contributed by atoms with van der Waals surface area (Å²) in [5.74, 6) is -1.38. The highest BCUT2D eigenvalue weighted by atomic mass is 16.8.